The van der Waals surface area contributed by atoms with Gasteiger partial charge in [0.1, 0.15) is 0 Å². The quantitative estimate of drug-likeness (QED) is 0.646. The second-order valence-corrected chi connectivity index (χ2v) is 6.76. The first-order valence-electron chi connectivity index (χ1n) is 8.12. The number of carbonyl (C=O) groups is 1. The molecule has 2 heterocycles. The number of fused-ring (bicyclic) bond motifs is 1. The van der Waals surface area contributed by atoms with E-state index in [0.29, 0.717) is 16.9 Å². The summed E-state index contributed by atoms with van der Waals surface area (Å²) in [7, 11) is 0. The zero-order valence-corrected chi connectivity index (χ0v) is 14.8. The lowest BCUT2D eigenvalue weighted by atomic mass is 10.2. The zero-order valence-electron chi connectivity index (χ0n) is 14.0. The van der Waals surface area contributed by atoms with E-state index in [1.807, 2.05) is 36.4 Å². The predicted molar refractivity (Wildman–Crippen MR) is 109 cm³/mol. The third-order valence-electron chi connectivity index (χ3n) is 3.69. The van der Waals surface area contributed by atoms with Crippen LogP contribution in [0.3, 0.4) is 0 Å². The van der Waals surface area contributed by atoms with Crippen molar-refractivity contribution in [3.8, 4) is 0 Å². The number of rotatable bonds is 4. The van der Waals surface area contributed by atoms with Gasteiger partial charge in [-0.1, -0.05) is 41.7 Å². The molecule has 3 aromatic rings. The average molecular weight is 368 g/mol. The van der Waals surface area contributed by atoms with Gasteiger partial charge < -0.3 is 15.1 Å². The van der Waals surface area contributed by atoms with E-state index in [1.54, 1.807) is 6.20 Å². The zero-order chi connectivity index (χ0) is 17.9. The first-order valence-corrected chi connectivity index (χ1v) is 8.94. The maximum atomic E-state index is 11.2. The molecule has 4 rings (SSSR count). The van der Waals surface area contributed by atoms with Crippen LogP contribution < -0.4 is 10.6 Å². The number of allylic oxidation sites excluding steroid dienone is 6. The van der Waals surface area contributed by atoms with Crippen molar-refractivity contribution in [1.29, 1.82) is 0 Å². The maximum Gasteiger partial charge on any atom is 0.299 e. The summed E-state index contributed by atoms with van der Waals surface area (Å²) in [5, 5.41) is 6.46. The molecule has 0 saturated heterocycles. The van der Waals surface area contributed by atoms with Gasteiger partial charge in [-0.15, -0.1) is 0 Å². The normalized spacial score (nSPS) is 13.5. The molecule has 1 aliphatic rings. The number of benzene rings is 1. The number of carbonyl (C=O) groups excluding carboxylic acids is 1. The molecular weight excluding hydrogens is 348 g/mol. The van der Waals surface area contributed by atoms with Crippen molar-refractivity contribution in [3.63, 3.8) is 0 Å². The van der Waals surface area contributed by atoms with E-state index in [4.69, 9.17) is 4.42 Å². The molecule has 134 valence electrons. The van der Waals surface area contributed by atoms with Crippen LogP contribution >= 0.6 is 11.3 Å². The SMILES string of the molecule is CC(=O)Nc1nc2ccc(Nc3ncc(C4=CC=CCC=C4)o3)cc2s1.[HH].[HH]. The highest BCUT2D eigenvalue weighted by Gasteiger charge is 2.10. The fourth-order valence-electron chi connectivity index (χ4n) is 2.54. The van der Waals surface area contributed by atoms with E-state index in [0.717, 1.165) is 27.9 Å². The molecule has 1 aliphatic carbocycles. The number of oxazole rings is 1. The van der Waals surface area contributed by atoms with E-state index >= 15 is 0 Å². The summed E-state index contributed by atoms with van der Waals surface area (Å²) in [6, 6.07) is 6.17. The smallest absolute Gasteiger partial charge is 0.299 e. The van der Waals surface area contributed by atoms with Gasteiger partial charge in [-0.2, -0.15) is 0 Å². The topological polar surface area (TPSA) is 80.0 Å². The number of nitrogens with zero attached hydrogens (tertiary/aromatic N) is 2. The minimum Gasteiger partial charge on any atom is -0.423 e. The molecule has 0 spiro atoms. The Labute approximate surface area is 156 Å². The molecule has 0 bridgehead atoms. The summed E-state index contributed by atoms with van der Waals surface area (Å²) in [5.74, 6) is 0.577. The Morgan fingerprint density at radius 1 is 1.35 bits per heavy atom. The number of thiazole rings is 1. The molecule has 0 unspecified atom stereocenters. The van der Waals surface area contributed by atoms with E-state index in [9.17, 15) is 4.79 Å². The lowest BCUT2D eigenvalue weighted by Crippen LogP contribution is -2.04. The first kappa shape index (κ1) is 16.3. The molecule has 26 heavy (non-hydrogen) atoms. The Bertz CT molecular complexity index is 1070. The van der Waals surface area contributed by atoms with E-state index in [1.165, 1.54) is 18.3 Å². The van der Waals surface area contributed by atoms with Gasteiger partial charge in [-0.05, 0) is 24.6 Å². The lowest BCUT2D eigenvalue weighted by molar-refractivity contribution is -0.114. The molecule has 0 radical (unpaired) electrons. The van der Waals surface area contributed by atoms with Crippen LogP contribution in [0.25, 0.3) is 15.8 Å². The van der Waals surface area contributed by atoms with E-state index in [2.05, 4.69) is 32.8 Å². The Kier molecular flexibility index (Phi) is 4.37. The van der Waals surface area contributed by atoms with Gasteiger partial charge in [0.15, 0.2) is 10.9 Å². The van der Waals surface area contributed by atoms with Crippen molar-refractivity contribution in [3.05, 3.63) is 60.5 Å². The van der Waals surface area contributed by atoms with Crippen molar-refractivity contribution in [2.75, 3.05) is 10.6 Å². The largest absolute Gasteiger partial charge is 0.423 e. The van der Waals surface area contributed by atoms with Gasteiger partial charge in [0.25, 0.3) is 6.01 Å². The number of amides is 1. The summed E-state index contributed by atoms with van der Waals surface area (Å²) in [6.45, 7) is 1.47. The number of aromatic nitrogens is 2. The summed E-state index contributed by atoms with van der Waals surface area (Å²) in [5.41, 5.74) is 2.66. The Hall–Kier alpha value is -3.19. The van der Waals surface area contributed by atoms with Gasteiger partial charge in [0, 0.05) is 21.0 Å². The molecule has 0 saturated carbocycles. The second-order valence-electron chi connectivity index (χ2n) is 5.73. The van der Waals surface area contributed by atoms with Crippen molar-refractivity contribution in [2.24, 2.45) is 0 Å². The van der Waals surface area contributed by atoms with Gasteiger partial charge in [0.2, 0.25) is 5.91 Å². The average Bonchev–Trinajstić information content (AvgIpc) is 3.12. The predicted octanol–water partition coefficient (Wildman–Crippen LogP) is 5.38. The van der Waals surface area contributed by atoms with Crippen molar-refractivity contribution in [2.45, 2.75) is 13.3 Å². The van der Waals surface area contributed by atoms with Crippen LogP contribution in [0.2, 0.25) is 0 Å². The fraction of sp³-hybridized carbons (Fsp3) is 0.105. The Morgan fingerprint density at radius 3 is 3.15 bits per heavy atom. The summed E-state index contributed by atoms with van der Waals surface area (Å²) in [6.07, 6.45) is 12.8. The molecule has 0 fully saturated rings. The molecule has 1 amide bonds. The summed E-state index contributed by atoms with van der Waals surface area (Å²) < 4.78 is 6.77. The van der Waals surface area contributed by atoms with Crippen molar-refractivity contribution < 1.29 is 12.1 Å². The number of hydrogen-bond acceptors (Lipinski definition) is 6. The van der Waals surface area contributed by atoms with Gasteiger partial charge in [0.05, 0.1) is 16.4 Å². The summed E-state index contributed by atoms with van der Waals surface area (Å²) in [4.78, 5) is 19.8. The minimum atomic E-state index is -0.133. The molecular formula is C19H20N4O2S. The molecule has 2 N–H and O–H groups in total. The van der Waals surface area contributed by atoms with E-state index in [-0.39, 0.29) is 8.76 Å². The molecule has 2 aromatic heterocycles. The van der Waals surface area contributed by atoms with Crippen LogP contribution in [0.1, 0.15) is 22.0 Å². The lowest BCUT2D eigenvalue weighted by Gasteiger charge is -2.01. The molecule has 1 aromatic carbocycles. The van der Waals surface area contributed by atoms with Crippen molar-refractivity contribution in [1.82, 2.24) is 9.97 Å². The van der Waals surface area contributed by atoms with Crippen LogP contribution in [-0.2, 0) is 4.79 Å². The molecule has 6 nitrogen and oxygen atoms in total. The Morgan fingerprint density at radius 2 is 2.27 bits per heavy atom. The van der Waals surface area contributed by atoms with Crippen LogP contribution in [0.15, 0.2) is 59.2 Å². The molecule has 7 heteroatoms. The third kappa shape index (κ3) is 3.57. The van der Waals surface area contributed by atoms with Crippen LogP contribution in [0, 0.1) is 0 Å². The number of nitrogens with one attached hydrogen (secondary N) is 2. The maximum absolute atomic E-state index is 11.2. The summed E-state index contributed by atoms with van der Waals surface area (Å²) >= 11 is 1.42. The minimum absolute atomic E-state index is 0. The highest BCUT2D eigenvalue weighted by molar-refractivity contribution is 7.22. The third-order valence-corrected chi connectivity index (χ3v) is 4.63. The van der Waals surface area contributed by atoms with Crippen LogP contribution in [-0.4, -0.2) is 15.9 Å². The van der Waals surface area contributed by atoms with Crippen LogP contribution in [0.5, 0.6) is 0 Å². The number of anilines is 3. The van der Waals surface area contributed by atoms with E-state index < -0.39 is 0 Å². The van der Waals surface area contributed by atoms with Crippen molar-refractivity contribution >= 4 is 49.9 Å². The molecule has 0 atom stereocenters. The second kappa shape index (κ2) is 6.97. The number of hydrogen-bond donors (Lipinski definition) is 2. The van der Waals surface area contributed by atoms with Gasteiger partial charge >= 0.3 is 0 Å². The first-order chi connectivity index (χ1) is 12.7. The highest BCUT2D eigenvalue weighted by atomic mass is 32.1. The Balaban J connectivity index is 0.00000140. The van der Waals surface area contributed by atoms with Gasteiger partial charge in [-0.3, -0.25) is 4.79 Å². The van der Waals surface area contributed by atoms with Crippen LogP contribution in [0.4, 0.5) is 16.8 Å². The standard InChI is InChI=1S/C19H16N4O2S.2H2/c1-12(24)21-19-23-15-9-8-14(10-17(15)26-19)22-18-20-11-16(25-18)13-6-4-2-3-5-7-13;;/h2,4-11H,3H2,1H3,(H,20,22)(H,21,23,24);2*1H. The highest BCUT2D eigenvalue weighted by Crippen LogP contribution is 2.30. The fourth-order valence-corrected chi connectivity index (χ4v) is 3.49. The van der Waals surface area contributed by atoms with Gasteiger partial charge in [-0.25, -0.2) is 9.97 Å². The molecule has 0 aliphatic heterocycles. The monoisotopic (exact) mass is 368 g/mol.